The number of halogens is 2. The molecule has 1 aromatic heterocycles. The normalized spacial score (nSPS) is 10.2. The molecule has 0 spiro atoms. The van der Waals surface area contributed by atoms with Crippen LogP contribution in [0.1, 0.15) is 13.3 Å². The zero-order chi connectivity index (χ0) is 9.84. The Balaban J connectivity index is 2.91. The Kier molecular flexibility index (Phi) is 4.19. The third kappa shape index (κ3) is 2.95. The van der Waals surface area contributed by atoms with Crippen LogP contribution in [-0.2, 0) is 0 Å². The van der Waals surface area contributed by atoms with Crippen LogP contribution in [0.3, 0.4) is 0 Å². The lowest BCUT2D eigenvalue weighted by molar-refractivity contribution is 0.846. The molecule has 1 aromatic rings. The molecule has 4 heteroatoms. The molecule has 0 saturated carbocycles. The van der Waals surface area contributed by atoms with Gasteiger partial charge >= 0.3 is 0 Å². The molecule has 72 valence electrons. The highest BCUT2D eigenvalue weighted by molar-refractivity contribution is 9.11. The van der Waals surface area contributed by atoms with Crippen molar-refractivity contribution < 1.29 is 0 Å². The first kappa shape index (κ1) is 11.0. The van der Waals surface area contributed by atoms with Crippen LogP contribution < -0.4 is 4.90 Å². The van der Waals surface area contributed by atoms with E-state index in [1.807, 2.05) is 0 Å². The van der Waals surface area contributed by atoms with Crippen LogP contribution in [0.25, 0.3) is 0 Å². The molecule has 0 saturated heterocycles. The maximum atomic E-state index is 4.21. The van der Waals surface area contributed by atoms with Gasteiger partial charge in [0.15, 0.2) is 0 Å². The van der Waals surface area contributed by atoms with E-state index in [4.69, 9.17) is 0 Å². The predicted molar refractivity (Wildman–Crippen MR) is 63.2 cm³/mol. The van der Waals surface area contributed by atoms with Crippen LogP contribution >= 0.6 is 31.9 Å². The fourth-order valence-electron chi connectivity index (χ4n) is 1.14. The second-order valence-electron chi connectivity index (χ2n) is 2.89. The average Bonchev–Trinajstić information content (AvgIpc) is 2.09. The highest BCUT2D eigenvalue weighted by atomic mass is 79.9. The Labute approximate surface area is 95.6 Å². The second-order valence-corrected chi connectivity index (χ2v) is 4.55. The summed E-state index contributed by atoms with van der Waals surface area (Å²) < 4.78 is 1.90. The summed E-state index contributed by atoms with van der Waals surface area (Å²) in [4.78, 5) is 6.39. The first-order chi connectivity index (χ1) is 6.15. The molecule has 0 radical (unpaired) electrons. The molecule has 0 aliphatic rings. The summed E-state index contributed by atoms with van der Waals surface area (Å²) in [5, 5.41) is 0. The number of nitrogens with zero attached hydrogens (tertiary/aromatic N) is 2. The zero-order valence-electron chi connectivity index (χ0n) is 7.72. The first-order valence-corrected chi connectivity index (χ1v) is 5.76. The number of anilines is 1. The van der Waals surface area contributed by atoms with Crippen LogP contribution in [0.2, 0.25) is 0 Å². The SMILES string of the molecule is CCCN(C)c1cc(Br)cnc1Br. The predicted octanol–water partition coefficient (Wildman–Crippen LogP) is 3.45. The number of pyridine rings is 1. The molecule has 1 heterocycles. The molecule has 0 amide bonds. The minimum absolute atomic E-state index is 0.895. The second kappa shape index (κ2) is 4.96. The van der Waals surface area contributed by atoms with Gasteiger partial charge in [-0.2, -0.15) is 0 Å². The van der Waals surface area contributed by atoms with Crippen molar-refractivity contribution >= 4 is 37.5 Å². The van der Waals surface area contributed by atoms with Crippen LogP contribution in [0.4, 0.5) is 5.69 Å². The summed E-state index contributed by atoms with van der Waals surface area (Å²) in [5.74, 6) is 0. The lowest BCUT2D eigenvalue weighted by Crippen LogP contribution is -2.18. The van der Waals surface area contributed by atoms with Gasteiger partial charge in [0.2, 0.25) is 0 Å². The van der Waals surface area contributed by atoms with Gasteiger partial charge in [0, 0.05) is 24.3 Å². The first-order valence-electron chi connectivity index (χ1n) is 4.17. The Bertz CT molecular complexity index is 289. The molecule has 0 aliphatic carbocycles. The van der Waals surface area contributed by atoms with Crippen molar-refractivity contribution in [3.05, 3.63) is 21.3 Å². The molecule has 0 unspecified atom stereocenters. The van der Waals surface area contributed by atoms with Crippen molar-refractivity contribution in [2.75, 3.05) is 18.5 Å². The summed E-state index contributed by atoms with van der Waals surface area (Å²) in [5.41, 5.74) is 1.12. The molecule has 0 atom stereocenters. The van der Waals surface area contributed by atoms with E-state index in [0.717, 1.165) is 27.7 Å². The molecule has 0 N–H and O–H groups in total. The van der Waals surface area contributed by atoms with Gasteiger partial charge in [0.25, 0.3) is 0 Å². The molecule has 13 heavy (non-hydrogen) atoms. The fourth-order valence-corrected chi connectivity index (χ4v) is 1.97. The molecule has 0 fully saturated rings. The van der Waals surface area contributed by atoms with E-state index in [0.29, 0.717) is 0 Å². The summed E-state index contributed by atoms with van der Waals surface area (Å²) in [6, 6.07) is 2.06. The fraction of sp³-hybridized carbons (Fsp3) is 0.444. The maximum absolute atomic E-state index is 4.21. The van der Waals surface area contributed by atoms with Gasteiger partial charge in [-0.3, -0.25) is 0 Å². The van der Waals surface area contributed by atoms with Gasteiger partial charge in [-0.1, -0.05) is 6.92 Å². The van der Waals surface area contributed by atoms with Crippen LogP contribution in [0.5, 0.6) is 0 Å². The number of hydrogen-bond donors (Lipinski definition) is 0. The van der Waals surface area contributed by atoms with E-state index in [1.54, 1.807) is 6.20 Å². The molecular weight excluding hydrogens is 296 g/mol. The Morgan fingerprint density at radius 1 is 1.46 bits per heavy atom. The smallest absolute Gasteiger partial charge is 0.129 e. The standard InChI is InChI=1S/C9H12Br2N2/c1-3-4-13(2)8-5-7(10)6-12-9(8)11/h5-6H,3-4H2,1-2H3. The minimum atomic E-state index is 0.895. The van der Waals surface area contributed by atoms with Gasteiger partial charge in [-0.05, 0) is 44.3 Å². The van der Waals surface area contributed by atoms with E-state index in [2.05, 4.69) is 61.8 Å². The zero-order valence-corrected chi connectivity index (χ0v) is 10.9. The minimum Gasteiger partial charge on any atom is -0.372 e. The third-order valence-corrected chi connectivity index (χ3v) is 2.80. The highest BCUT2D eigenvalue weighted by Crippen LogP contribution is 2.26. The summed E-state index contributed by atoms with van der Waals surface area (Å²) >= 11 is 6.83. The molecule has 1 rings (SSSR count). The van der Waals surface area contributed by atoms with E-state index < -0.39 is 0 Å². The van der Waals surface area contributed by atoms with Crippen molar-refractivity contribution in [3.8, 4) is 0 Å². The number of aromatic nitrogens is 1. The lowest BCUT2D eigenvalue weighted by atomic mass is 10.3. The van der Waals surface area contributed by atoms with E-state index in [-0.39, 0.29) is 0 Å². The van der Waals surface area contributed by atoms with Gasteiger partial charge in [0.05, 0.1) is 5.69 Å². The molecule has 0 aliphatic heterocycles. The topological polar surface area (TPSA) is 16.1 Å². The molecule has 0 aromatic carbocycles. The van der Waals surface area contributed by atoms with Gasteiger partial charge in [-0.25, -0.2) is 4.98 Å². The van der Waals surface area contributed by atoms with Crippen molar-refractivity contribution in [2.24, 2.45) is 0 Å². The van der Waals surface area contributed by atoms with Gasteiger partial charge in [-0.15, -0.1) is 0 Å². The lowest BCUT2D eigenvalue weighted by Gasteiger charge is -2.19. The monoisotopic (exact) mass is 306 g/mol. The number of rotatable bonds is 3. The van der Waals surface area contributed by atoms with E-state index >= 15 is 0 Å². The van der Waals surface area contributed by atoms with Crippen LogP contribution in [-0.4, -0.2) is 18.6 Å². The average molecular weight is 308 g/mol. The summed E-state index contributed by atoms with van der Waals surface area (Å²) in [6.45, 7) is 3.20. The van der Waals surface area contributed by atoms with E-state index in [1.165, 1.54) is 0 Å². The van der Waals surface area contributed by atoms with Crippen molar-refractivity contribution in [3.63, 3.8) is 0 Å². The Morgan fingerprint density at radius 2 is 2.15 bits per heavy atom. The summed E-state index contributed by atoms with van der Waals surface area (Å²) in [7, 11) is 2.07. The van der Waals surface area contributed by atoms with Crippen LogP contribution in [0, 0.1) is 0 Å². The third-order valence-electron chi connectivity index (χ3n) is 1.76. The van der Waals surface area contributed by atoms with Crippen molar-refractivity contribution in [1.29, 1.82) is 0 Å². The Hall–Kier alpha value is -0.0900. The largest absolute Gasteiger partial charge is 0.372 e. The van der Waals surface area contributed by atoms with E-state index in [9.17, 15) is 0 Å². The quantitative estimate of drug-likeness (QED) is 0.795. The molecule has 2 nitrogen and oxygen atoms in total. The van der Waals surface area contributed by atoms with Crippen LogP contribution in [0.15, 0.2) is 21.3 Å². The maximum Gasteiger partial charge on any atom is 0.129 e. The number of hydrogen-bond acceptors (Lipinski definition) is 2. The highest BCUT2D eigenvalue weighted by Gasteiger charge is 2.05. The van der Waals surface area contributed by atoms with Gasteiger partial charge < -0.3 is 4.90 Å². The summed E-state index contributed by atoms with van der Waals surface area (Å²) in [6.07, 6.45) is 2.92. The van der Waals surface area contributed by atoms with Crippen molar-refractivity contribution in [1.82, 2.24) is 4.98 Å². The molecule has 0 bridgehead atoms. The Morgan fingerprint density at radius 3 is 2.77 bits per heavy atom. The van der Waals surface area contributed by atoms with Crippen molar-refractivity contribution in [2.45, 2.75) is 13.3 Å². The molecular formula is C9H12Br2N2. The van der Waals surface area contributed by atoms with Gasteiger partial charge in [0.1, 0.15) is 4.60 Å².